The Morgan fingerprint density at radius 3 is 1.72 bits per heavy atom. The number of carbonyl (C=O) groups is 3. The monoisotopic (exact) mass is 572 g/mol. The van der Waals surface area contributed by atoms with E-state index in [4.69, 9.17) is 37.7 Å². The molecule has 39 heavy (non-hydrogen) atoms. The van der Waals surface area contributed by atoms with Crippen molar-refractivity contribution >= 4 is 45.1 Å². The normalized spacial score (nSPS) is 10.2. The molecular weight excluding hydrogens is 548 g/mol. The maximum atomic E-state index is 11.3. The third-order valence-corrected chi connectivity index (χ3v) is 6.13. The Balaban J connectivity index is 0.000000243. The van der Waals surface area contributed by atoms with E-state index in [0.717, 1.165) is 6.07 Å². The zero-order valence-electron chi connectivity index (χ0n) is 20.3. The van der Waals surface area contributed by atoms with Crippen LogP contribution in [0.2, 0.25) is 5.02 Å². The number of primary amides is 2. The van der Waals surface area contributed by atoms with Gasteiger partial charge >= 0.3 is 5.97 Å². The van der Waals surface area contributed by atoms with Crippen molar-refractivity contribution in [1.29, 1.82) is 0 Å². The number of carbonyl (C=O) groups excluding carboxylic acids is 2. The van der Waals surface area contributed by atoms with Gasteiger partial charge in [-0.3, -0.25) is 9.59 Å². The van der Waals surface area contributed by atoms with Crippen LogP contribution in [0.3, 0.4) is 0 Å². The SMILES string of the molecule is NC(=O)c1ccccc1.NC(=O)c1ccccc1.NS(=O)(=O)c1cc(C(=O)O)c(NCc2ccco2)cc1Cl. The Morgan fingerprint density at radius 2 is 1.36 bits per heavy atom. The highest BCUT2D eigenvalue weighted by Crippen LogP contribution is 2.28. The van der Waals surface area contributed by atoms with Gasteiger partial charge in [0.05, 0.1) is 29.1 Å². The minimum atomic E-state index is -4.11. The van der Waals surface area contributed by atoms with Crippen LogP contribution in [0, 0.1) is 0 Å². The molecule has 8 N–H and O–H groups in total. The number of nitrogens with two attached hydrogens (primary N) is 3. The Bertz CT molecular complexity index is 1460. The van der Waals surface area contributed by atoms with E-state index >= 15 is 0 Å². The van der Waals surface area contributed by atoms with Gasteiger partial charge in [-0.15, -0.1) is 0 Å². The first-order valence-electron chi connectivity index (χ1n) is 11.0. The van der Waals surface area contributed by atoms with Gasteiger partial charge in [-0.25, -0.2) is 18.4 Å². The lowest BCUT2D eigenvalue weighted by molar-refractivity contribution is 0.0697. The van der Waals surface area contributed by atoms with Crippen molar-refractivity contribution in [2.24, 2.45) is 16.6 Å². The second kappa shape index (κ2) is 14.3. The van der Waals surface area contributed by atoms with Gasteiger partial charge < -0.3 is 26.3 Å². The third-order valence-electron chi connectivity index (χ3n) is 4.76. The average Bonchev–Trinajstić information content (AvgIpc) is 3.42. The molecule has 204 valence electrons. The molecule has 0 bridgehead atoms. The lowest BCUT2D eigenvalue weighted by Crippen LogP contribution is -2.15. The maximum absolute atomic E-state index is 11.3. The molecule has 0 saturated carbocycles. The van der Waals surface area contributed by atoms with E-state index in [1.807, 2.05) is 12.1 Å². The van der Waals surface area contributed by atoms with Crippen LogP contribution in [0.5, 0.6) is 0 Å². The first-order chi connectivity index (χ1) is 18.4. The minimum Gasteiger partial charge on any atom is -0.478 e. The highest BCUT2D eigenvalue weighted by Gasteiger charge is 2.20. The van der Waals surface area contributed by atoms with Crippen LogP contribution in [0.1, 0.15) is 36.8 Å². The van der Waals surface area contributed by atoms with E-state index in [1.54, 1.807) is 60.7 Å². The number of amides is 2. The summed E-state index contributed by atoms with van der Waals surface area (Å²) in [6.45, 7) is 0.221. The summed E-state index contributed by atoms with van der Waals surface area (Å²) in [5.41, 5.74) is 11.0. The third kappa shape index (κ3) is 9.97. The number of rotatable bonds is 7. The van der Waals surface area contributed by atoms with Crippen LogP contribution >= 0.6 is 11.6 Å². The van der Waals surface area contributed by atoms with Gasteiger partial charge in [0.1, 0.15) is 10.7 Å². The number of anilines is 1. The van der Waals surface area contributed by atoms with Crippen molar-refractivity contribution in [2.75, 3.05) is 5.32 Å². The van der Waals surface area contributed by atoms with Gasteiger partial charge in [0.15, 0.2) is 0 Å². The van der Waals surface area contributed by atoms with Crippen LogP contribution in [0.15, 0.2) is 101 Å². The average molecular weight is 573 g/mol. The van der Waals surface area contributed by atoms with E-state index in [2.05, 4.69) is 5.32 Å². The molecule has 0 aliphatic carbocycles. The fourth-order valence-electron chi connectivity index (χ4n) is 2.89. The molecule has 4 rings (SSSR count). The van der Waals surface area contributed by atoms with Crippen LogP contribution in [-0.2, 0) is 16.6 Å². The fourth-order valence-corrected chi connectivity index (χ4v) is 3.99. The molecule has 0 aliphatic rings. The summed E-state index contributed by atoms with van der Waals surface area (Å²) in [6, 6.07) is 23.0. The van der Waals surface area contributed by atoms with Crippen molar-refractivity contribution in [3.8, 4) is 0 Å². The second-order valence-corrected chi connectivity index (χ2v) is 9.51. The van der Waals surface area contributed by atoms with E-state index in [-0.39, 0.29) is 34.6 Å². The van der Waals surface area contributed by atoms with Crippen LogP contribution < -0.4 is 21.9 Å². The first-order valence-corrected chi connectivity index (χ1v) is 12.9. The maximum Gasteiger partial charge on any atom is 0.337 e. The van der Waals surface area contributed by atoms with Crippen molar-refractivity contribution in [2.45, 2.75) is 11.4 Å². The molecule has 0 aliphatic heterocycles. The predicted molar refractivity (Wildman–Crippen MR) is 146 cm³/mol. The topological polar surface area (TPSA) is 209 Å². The number of hydrogen-bond donors (Lipinski definition) is 5. The highest BCUT2D eigenvalue weighted by atomic mass is 35.5. The van der Waals surface area contributed by atoms with Gasteiger partial charge in [-0.2, -0.15) is 0 Å². The molecule has 0 saturated heterocycles. The van der Waals surface area contributed by atoms with E-state index in [0.29, 0.717) is 16.9 Å². The zero-order chi connectivity index (χ0) is 29.0. The van der Waals surface area contributed by atoms with Crippen LogP contribution in [0.4, 0.5) is 5.69 Å². The number of carboxylic acids is 1. The molecule has 1 aromatic heterocycles. The van der Waals surface area contributed by atoms with Crippen molar-refractivity contribution in [1.82, 2.24) is 0 Å². The second-order valence-electron chi connectivity index (χ2n) is 7.57. The van der Waals surface area contributed by atoms with E-state index in [9.17, 15) is 22.8 Å². The van der Waals surface area contributed by atoms with Crippen molar-refractivity contribution in [3.63, 3.8) is 0 Å². The molecule has 0 fully saturated rings. The molecule has 2 amide bonds. The number of furan rings is 1. The summed E-state index contributed by atoms with van der Waals surface area (Å²) < 4.78 is 27.8. The van der Waals surface area contributed by atoms with Gasteiger partial charge in [0, 0.05) is 11.1 Å². The number of aromatic carboxylic acids is 1. The summed E-state index contributed by atoms with van der Waals surface area (Å²) in [5, 5.41) is 16.8. The summed E-state index contributed by atoms with van der Waals surface area (Å²) in [7, 11) is -4.11. The standard InChI is InChI=1S/C12H11ClN2O5S.2C7H7NO/c13-9-5-10(15-6-7-2-1-3-20-7)8(12(16)17)4-11(9)21(14,18)19;2*8-7(9)6-4-2-1-3-5-6/h1-5,15H,6H2,(H,16,17)(H2,14,18,19);2*1-5H,(H2,8,9). The van der Waals surface area contributed by atoms with E-state index < -0.39 is 20.9 Å². The molecular formula is C26H25ClN4O7S. The zero-order valence-corrected chi connectivity index (χ0v) is 21.9. The Labute approximate surface area is 229 Å². The van der Waals surface area contributed by atoms with Gasteiger partial charge in [0.25, 0.3) is 0 Å². The number of primary sulfonamides is 1. The number of sulfonamides is 1. The molecule has 3 aromatic carbocycles. The van der Waals surface area contributed by atoms with E-state index in [1.165, 1.54) is 12.3 Å². The molecule has 11 nitrogen and oxygen atoms in total. The number of benzene rings is 3. The van der Waals surface area contributed by atoms with Gasteiger partial charge in [0.2, 0.25) is 21.8 Å². The number of nitrogens with one attached hydrogen (secondary N) is 1. The lowest BCUT2D eigenvalue weighted by atomic mass is 10.1. The predicted octanol–water partition coefficient (Wildman–Crippen LogP) is 3.46. The number of carboxylic acid groups (broad SMARTS) is 1. The van der Waals surface area contributed by atoms with Gasteiger partial charge in [-0.1, -0.05) is 48.0 Å². The molecule has 0 radical (unpaired) electrons. The highest BCUT2D eigenvalue weighted by molar-refractivity contribution is 7.89. The summed E-state index contributed by atoms with van der Waals surface area (Å²) in [4.78, 5) is 31.6. The molecule has 0 unspecified atom stereocenters. The Hall–Kier alpha value is -4.65. The van der Waals surface area contributed by atoms with Crippen LogP contribution in [-0.4, -0.2) is 31.3 Å². The smallest absolute Gasteiger partial charge is 0.337 e. The largest absolute Gasteiger partial charge is 0.478 e. The fraction of sp³-hybridized carbons (Fsp3) is 0.0385. The molecule has 4 aromatic rings. The molecule has 13 heteroatoms. The Kier molecular flexibility index (Phi) is 11.2. The Morgan fingerprint density at radius 1 is 0.846 bits per heavy atom. The molecule has 1 heterocycles. The molecule has 0 spiro atoms. The number of halogens is 1. The summed E-state index contributed by atoms with van der Waals surface area (Å²) in [5.74, 6) is -1.48. The van der Waals surface area contributed by atoms with Crippen molar-refractivity contribution in [3.05, 3.63) is 119 Å². The minimum absolute atomic E-state index is 0.163. The summed E-state index contributed by atoms with van der Waals surface area (Å²) >= 11 is 5.84. The van der Waals surface area contributed by atoms with Gasteiger partial charge in [-0.05, 0) is 48.5 Å². The quantitative estimate of drug-likeness (QED) is 0.221. The first kappa shape index (κ1) is 30.6. The number of hydrogen-bond acceptors (Lipinski definition) is 7. The van der Waals surface area contributed by atoms with Crippen LogP contribution in [0.25, 0.3) is 0 Å². The summed E-state index contributed by atoms with van der Waals surface area (Å²) in [6.07, 6.45) is 1.48. The van der Waals surface area contributed by atoms with Crippen molar-refractivity contribution < 1.29 is 32.3 Å². The molecule has 0 atom stereocenters. The lowest BCUT2D eigenvalue weighted by Gasteiger charge is -2.11.